The lowest BCUT2D eigenvalue weighted by atomic mass is 9.88. The van der Waals surface area contributed by atoms with Crippen molar-refractivity contribution in [3.8, 4) is 29.1 Å². The minimum absolute atomic E-state index is 0.203. The lowest BCUT2D eigenvalue weighted by Gasteiger charge is -2.30. The fraction of sp³-hybridized carbons (Fsp3) is 0.375. The van der Waals surface area contributed by atoms with Crippen molar-refractivity contribution in [3.63, 3.8) is 0 Å². The van der Waals surface area contributed by atoms with Gasteiger partial charge in [-0.3, -0.25) is 0 Å². The Morgan fingerprint density at radius 3 is 2.79 bits per heavy atom. The number of halogens is 2. The van der Waals surface area contributed by atoms with Crippen molar-refractivity contribution in [3.05, 3.63) is 35.7 Å². The van der Waals surface area contributed by atoms with E-state index in [0.717, 1.165) is 31.5 Å². The molecule has 1 aromatic carbocycles. The van der Waals surface area contributed by atoms with Crippen molar-refractivity contribution >= 4 is 21.9 Å². The summed E-state index contributed by atoms with van der Waals surface area (Å²) in [5.74, 6) is 1.36. The van der Waals surface area contributed by atoms with Gasteiger partial charge in [-0.1, -0.05) is 6.07 Å². The number of imidazole rings is 1. The number of piperidine rings is 1. The first-order valence-electron chi connectivity index (χ1n) is 11.1. The van der Waals surface area contributed by atoms with Crippen LogP contribution in [0.3, 0.4) is 0 Å². The molecule has 1 aliphatic heterocycles. The molecule has 10 heteroatoms. The molecule has 0 unspecified atom stereocenters. The van der Waals surface area contributed by atoms with Crippen LogP contribution >= 0.6 is 0 Å². The molecule has 4 heterocycles. The number of fused-ring (bicyclic) bond motifs is 2. The predicted octanol–water partition coefficient (Wildman–Crippen LogP) is 4.44. The molecular weight excluding hydrogens is 442 g/mol. The third kappa shape index (κ3) is 3.82. The summed E-state index contributed by atoms with van der Waals surface area (Å²) < 4.78 is 37.4. The van der Waals surface area contributed by atoms with Crippen molar-refractivity contribution < 1.29 is 18.3 Å². The topological polar surface area (TPSA) is 103 Å². The third-order valence-electron chi connectivity index (χ3n) is 6.40. The van der Waals surface area contributed by atoms with Gasteiger partial charge < -0.3 is 24.3 Å². The molecule has 0 radical (unpaired) electrons. The number of hydrogen-bond acceptors (Lipinski definition) is 6. The minimum atomic E-state index is -2.60. The SMILES string of the molecule is COc1ncc2c(C#N)c[nH]c2c1-c1nc2c(OCC(F)F)c(C3CCN(C)CC3)ccc2[nH]1. The first-order valence-corrected chi connectivity index (χ1v) is 11.1. The highest BCUT2D eigenvalue weighted by Gasteiger charge is 2.26. The number of hydrogen-bond donors (Lipinski definition) is 2. The normalized spacial score (nSPS) is 15.3. The summed E-state index contributed by atoms with van der Waals surface area (Å²) in [5, 5.41) is 10.0. The van der Waals surface area contributed by atoms with Crippen molar-refractivity contribution in [2.45, 2.75) is 25.2 Å². The molecule has 3 aromatic heterocycles. The van der Waals surface area contributed by atoms with Crippen LogP contribution in [0.5, 0.6) is 11.6 Å². The first-order chi connectivity index (χ1) is 16.5. The Bertz CT molecular complexity index is 1380. The standard InChI is InChI=1S/C24H24F2N6O2/c1-32-7-5-13(6-8-32)15-3-4-17-21(22(15)34-12-18(25)26)31-23(30-17)19-20-16(11-29-24(19)33-2)14(9-27)10-28-20/h3-4,10-11,13,18,28H,5-8,12H2,1-2H3,(H,30,31). The van der Waals surface area contributed by atoms with Crippen molar-refractivity contribution in [1.82, 2.24) is 24.8 Å². The van der Waals surface area contributed by atoms with E-state index in [1.807, 2.05) is 12.1 Å². The average molecular weight is 466 g/mol. The van der Waals surface area contributed by atoms with Gasteiger partial charge in [0.15, 0.2) is 5.75 Å². The minimum Gasteiger partial charge on any atom is -0.485 e. The summed E-state index contributed by atoms with van der Waals surface area (Å²) in [5.41, 5.74) is 3.69. The number of H-pyrrole nitrogens is 2. The zero-order valence-corrected chi connectivity index (χ0v) is 18.9. The van der Waals surface area contributed by atoms with Crippen LogP contribution in [-0.2, 0) is 0 Å². The Kier molecular flexibility index (Phi) is 5.79. The van der Waals surface area contributed by atoms with E-state index >= 15 is 0 Å². The number of aromatic nitrogens is 4. The lowest BCUT2D eigenvalue weighted by Crippen LogP contribution is -2.29. The van der Waals surface area contributed by atoms with E-state index in [9.17, 15) is 14.0 Å². The highest BCUT2D eigenvalue weighted by molar-refractivity contribution is 5.99. The molecule has 5 rings (SSSR count). The monoisotopic (exact) mass is 466 g/mol. The number of nitrogens with one attached hydrogen (secondary N) is 2. The number of rotatable bonds is 6. The number of nitriles is 1. The maximum absolute atomic E-state index is 13.1. The number of ether oxygens (including phenoxy) is 2. The third-order valence-corrected chi connectivity index (χ3v) is 6.40. The molecule has 1 fully saturated rings. The number of aromatic amines is 2. The van der Waals surface area contributed by atoms with E-state index in [1.165, 1.54) is 7.11 Å². The zero-order chi connectivity index (χ0) is 23.8. The summed E-state index contributed by atoms with van der Waals surface area (Å²) >= 11 is 0. The van der Waals surface area contributed by atoms with Gasteiger partial charge in [0, 0.05) is 17.8 Å². The van der Waals surface area contributed by atoms with Crippen LogP contribution in [0.15, 0.2) is 24.5 Å². The highest BCUT2D eigenvalue weighted by atomic mass is 19.3. The van der Waals surface area contributed by atoms with Gasteiger partial charge in [-0.15, -0.1) is 0 Å². The van der Waals surface area contributed by atoms with Crippen LogP contribution < -0.4 is 9.47 Å². The number of benzene rings is 1. The first kappa shape index (κ1) is 22.1. The van der Waals surface area contributed by atoms with Gasteiger partial charge in [-0.25, -0.2) is 18.7 Å². The van der Waals surface area contributed by atoms with Crippen LogP contribution in [0.1, 0.15) is 29.9 Å². The summed E-state index contributed by atoms with van der Waals surface area (Å²) in [6.07, 6.45) is 2.42. The molecule has 0 aliphatic carbocycles. The van der Waals surface area contributed by atoms with Crippen LogP contribution in [0, 0.1) is 11.3 Å². The Balaban J connectivity index is 1.67. The maximum Gasteiger partial charge on any atom is 0.272 e. The molecule has 0 amide bonds. The molecule has 176 valence electrons. The number of methoxy groups -OCH3 is 1. The fourth-order valence-corrected chi connectivity index (χ4v) is 4.66. The summed E-state index contributed by atoms with van der Waals surface area (Å²) in [6.45, 7) is 1.16. The van der Waals surface area contributed by atoms with Crippen molar-refractivity contribution in [2.75, 3.05) is 33.9 Å². The zero-order valence-electron chi connectivity index (χ0n) is 18.9. The average Bonchev–Trinajstić information content (AvgIpc) is 3.46. The van der Waals surface area contributed by atoms with E-state index in [0.29, 0.717) is 50.5 Å². The van der Waals surface area contributed by atoms with Gasteiger partial charge in [0.05, 0.1) is 23.7 Å². The Morgan fingerprint density at radius 1 is 1.29 bits per heavy atom. The summed E-state index contributed by atoms with van der Waals surface area (Å²) in [7, 11) is 3.58. The van der Waals surface area contributed by atoms with Crippen LogP contribution in [-0.4, -0.2) is 65.1 Å². The second-order valence-electron chi connectivity index (χ2n) is 8.49. The molecule has 8 nitrogen and oxygen atoms in total. The lowest BCUT2D eigenvalue weighted by molar-refractivity contribution is 0.0816. The van der Waals surface area contributed by atoms with Gasteiger partial charge in [-0.05, 0) is 50.5 Å². The number of pyridine rings is 1. The van der Waals surface area contributed by atoms with Crippen molar-refractivity contribution in [2.24, 2.45) is 0 Å². The molecular formula is C24H24F2N6O2. The van der Waals surface area contributed by atoms with Gasteiger partial charge in [0.25, 0.3) is 6.43 Å². The Labute approximate surface area is 194 Å². The van der Waals surface area contributed by atoms with Crippen LogP contribution in [0.4, 0.5) is 8.78 Å². The van der Waals surface area contributed by atoms with E-state index < -0.39 is 13.0 Å². The quantitative estimate of drug-likeness (QED) is 0.436. The molecule has 34 heavy (non-hydrogen) atoms. The van der Waals surface area contributed by atoms with Crippen LogP contribution in [0.25, 0.3) is 33.3 Å². The van der Waals surface area contributed by atoms with Gasteiger partial charge in [0.1, 0.15) is 29.6 Å². The molecule has 0 atom stereocenters. The molecule has 4 aromatic rings. The molecule has 0 bridgehead atoms. The largest absolute Gasteiger partial charge is 0.485 e. The molecule has 1 aliphatic rings. The van der Waals surface area contributed by atoms with E-state index in [-0.39, 0.29) is 5.92 Å². The maximum atomic E-state index is 13.1. The molecule has 0 spiro atoms. The molecule has 0 saturated carbocycles. The molecule has 2 N–H and O–H groups in total. The predicted molar refractivity (Wildman–Crippen MR) is 123 cm³/mol. The van der Waals surface area contributed by atoms with Gasteiger partial charge in [-0.2, -0.15) is 5.26 Å². The number of nitrogens with zero attached hydrogens (tertiary/aromatic N) is 4. The highest BCUT2D eigenvalue weighted by Crippen LogP contribution is 2.41. The van der Waals surface area contributed by atoms with Gasteiger partial charge >= 0.3 is 0 Å². The second kappa shape index (κ2) is 8.91. The van der Waals surface area contributed by atoms with Gasteiger partial charge in [0.2, 0.25) is 5.88 Å². The van der Waals surface area contributed by atoms with E-state index in [2.05, 4.69) is 33.0 Å². The summed E-state index contributed by atoms with van der Waals surface area (Å²) in [6, 6.07) is 5.99. The van der Waals surface area contributed by atoms with E-state index in [4.69, 9.17) is 14.5 Å². The Hall–Kier alpha value is -3.71. The number of likely N-dealkylation sites (tertiary alicyclic amines) is 1. The number of alkyl halides is 2. The summed E-state index contributed by atoms with van der Waals surface area (Å²) in [4.78, 5) is 17.7. The van der Waals surface area contributed by atoms with Crippen molar-refractivity contribution in [1.29, 1.82) is 5.26 Å². The molecule has 1 saturated heterocycles. The smallest absolute Gasteiger partial charge is 0.272 e. The fourth-order valence-electron chi connectivity index (χ4n) is 4.66. The second-order valence-corrected chi connectivity index (χ2v) is 8.49. The van der Waals surface area contributed by atoms with Crippen LogP contribution in [0.2, 0.25) is 0 Å². The Morgan fingerprint density at radius 2 is 2.09 bits per heavy atom. The van der Waals surface area contributed by atoms with E-state index in [1.54, 1.807) is 12.4 Å².